The molecular formula is C18H16N6O3. The van der Waals surface area contributed by atoms with E-state index in [1.165, 1.54) is 18.3 Å². The SMILES string of the molecule is Cc1cccc(/C=N/NC(=O)c2ccn(Cc3ccc([N+](=O)[O-])cc3)n2)n1. The van der Waals surface area contributed by atoms with Crippen molar-refractivity contribution in [2.75, 3.05) is 0 Å². The van der Waals surface area contributed by atoms with Crippen molar-refractivity contribution in [3.8, 4) is 0 Å². The summed E-state index contributed by atoms with van der Waals surface area (Å²) in [4.78, 5) is 26.6. The highest BCUT2D eigenvalue weighted by atomic mass is 16.6. The maximum absolute atomic E-state index is 12.1. The fourth-order valence-electron chi connectivity index (χ4n) is 2.33. The molecule has 3 aromatic rings. The van der Waals surface area contributed by atoms with E-state index in [9.17, 15) is 14.9 Å². The molecule has 0 saturated heterocycles. The average Bonchev–Trinajstić information content (AvgIpc) is 3.11. The summed E-state index contributed by atoms with van der Waals surface area (Å²) in [5.41, 5.74) is 4.97. The molecule has 0 atom stereocenters. The minimum absolute atomic E-state index is 0.0280. The minimum atomic E-state index is -0.451. The Hall–Kier alpha value is -3.88. The number of rotatable bonds is 6. The van der Waals surface area contributed by atoms with Crippen LogP contribution in [-0.2, 0) is 6.54 Å². The van der Waals surface area contributed by atoms with Crippen molar-refractivity contribution in [2.45, 2.75) is 13.5 Å². The second kappa shape index (κ2) is 8.00. The van der Waals surface area contributed by atoms with E-state index in [0.717, 1.165) is 11.3 Å². The number of nitro benzene ring substituents is 1. The number of amides is 1. The molecule has 3 rings (SSSR count). The Morgan fingerprint density at radius 1 is 1.26 bits per heavy atom. The van der Waals surface area contributed by atoms with Crippen LogP contribution in [0.25, 0.3) is 0 Å². The third-order valence-corrected chi connectivity index (χ3v) is 3.64. The molecule has 0 fully saturated rings. The lowest BCUT2D eigenvalue weighted by atomic mass is 10.2. The number of aromatic nitrogens is 3. The molecule has 2 aromatic heterocycles. The van der Waals surface area contributed by atoms with Crippen molar-refractivity contribution in [2.24, 2.45) is 5.10 Å². The summed E-state index contributed by atoms with van der Waals surface area (Å²) >= 11 is 0. The first kappa shape index (κ1) is 17.9. The summed E-state index contributed by atoms with van der Waals surface area (Å²) in [6.07, 6.45) is 3.11. The lowest BCUT2D eigenvalue weighted by Gasteiger charge is -2.01. The first-order valence-electron chi connectivity index (χ1n) is 8.05. The van der Waals surface area contributed by atoms with Gasteiger partial charge in [-0.1, -0.05) is 18.2 Å². The third-order valence-electron chi connectivity index (χ3n) is 3.64. The second-order valence-electron chi connectivity index (χ2n) is 5.73. The number of benzene rings is 1. The summed E-state index contributed by atoms with van der Waals surface area (Å²) in [6, 6.07) is 13.2. The van der Waals surface area contributed by atoms with Gasteiger partial charge >= 0.3 is 0 Å². The van der Waals surface area contributed by atoms with Crippen LogP contribution in [-0.4, -0.2) is 31.8 Å². The number of aryl methyl sites for hydroxylation is 1. The van der Waals surface area contributed by atoms with E-state index in [0.29, 0.717) is 12.2 Å². The van der Waals surface area contributed by atoms with E-state index in [4.69, 9.17) is 0 Å². The molecule has 0 unspecified atom stereocenters. The van der Waals surface area contributed by atoms with Gasteiger partial charge < -0.3 is 0 Å². The molecule has 9 heteroatoms. The van der Waals surface area contributed by atoms with E-state index in [1.807, 2.05) is 19.1 Å². The van der Waals surface area contributed by atoms with Gasteiger partial charge in [0, 0.05) is 24.0 Å². The van der Waals surface area contributed by atoms with E-state index in [2.05, 4.69) is 20.6 Å². The molecule has 1 aromatic carbocycles. The zero-order chi connectivity index (χ0) is 19.2. The number of carbonyl (C=O) groups is 1. The second-order valence-corrected chi connectivity index (χ2v) is 5.73. The van der Waals surface area contributed by atoms with Gasteiger partial charge in [0.05, 0.1) is 23.4 Å². The molecule has 136 valence electrons. The number of hydrogen-bond donors (Lipinski definition) is 1. The summed E-state index contributed by atoms with van der Waals surface area (Å²) in [5.74, 6) is -0.443. The Kier molecular flexibility index (Phi) is 5.31. The largest absolute Gasteiger partial charge is 0.291 e. The zero-order valence-corrected chi connectivity index (χ0v) is 14.4. The number of non-ortho nitro benzene ring substituents is 1. The zero-order valence-electron chi connectivity index (χ0n) is 14.4. The number of hydrogen-bond acceptors (Lipinski definition) is 6. The van der Waals surface area contributed by atoms with E-state index in [-0.39, 0.29) is 11.4 Å². The molecule has 0 bridgehead atoms. The van der Waals surface area contributed by atoms with Gasteiger partial charge in [0.2, 0.25) is 0 Å². The van der Waals surface area contributed by atoms with Gasteiger partial charge in [-0.2, -0.15) is 10.2 Å². The maximum atomic E-state index is 12.1. The van der Waals surface area contributed by atoms with Crippen molar-refractivity contribution in [1.29, 1.82) is 0 Å². The van der Waals surface area contributed by atoms with Gasteiger partial charge in [-0.15, -0.1) is 0 Å². The fourth-order valence-corrected chi connectivity index (χ4v) is 2.33. The van der Waals surface area contributed by atoms with Crippen LogP contribution in [0.3, 0.4) is 0 Å². The Balaban J connectivity index is 1.59. The van der Waals surface area contributed by atoms with E-state index in [1.54, 1.807) is 35.1 Å². The number of nitrogens with zero attached hydrogens (tertiary/aromatic N) is 5. The molecule has 9 nitrogen and oxygen atoms in total. The summed E-state index contributed by atoms with van der Waals surface area (Å²) in [6.45, 7) is 2.26. The van der Waals surface area contributed by atoms with Gasteiger partial charge in [0.1, 0.15) is 0 Å². The molecule has 27 heavy (non-hydrogen) atoms. The monoisotopic (exact) mass is 364 g/mol. The van der Waals surface area contributed by atoms with Gasteiger partial charge in [-0.3, -0.25) is 24.6 Å². The molecule has 1 N–H and O–H groups in total. The van der Waals surface area contributed by atoms with Gasteiger partial charge in [-0.25, -0.2) is 5.43 Å². The van der Waals surface area contributed by atoms with Gasteiger partial charge in [-0.05, 0) is 30.7 Å². The number of nitro groups is 1. The minimum Gasteiger partial charge on any atom is -0.268 e. The number of pyridine rings is 1. The molecule has 1 amide bonds. The molecular weight excluding hydrogens is 348 g/mol. The average molecular weight is 364 g/mol. The highest BCUT2D eigenvalue weighted by Crippen LogP contribution is 2.12. The van der Waals surface area contributed by atoms with Crippen molar-refractivity contribution in [3.63, 3.8) is 0 Å². The summed E-state index contributed by atoms with van der Waals surface area (Å²) in [5, 5.41) is 18.7. The molecule has 0 spiro atoms. The van der Waals surface area contributed by atoms with E-state index >= 15 is 0 Å². The van der Waals surface area contributed by atoms with Crippen molar-refractivity contribution in [3.05, 3.63) is 87.5 Å². The normalized spacial score (nSPS) is 10.9. The molecule has 0 aliphatic rings. The molecule has 0 aliphatic carbocycles. The van der Waals surface area contributed by atoms with Crippen LogP contribution < -0.4 is 5.43 Å². The topological polar surface area (TPSA) is 115 Å². The first-order valence-corrected chi connectivity index (χ1v) is 8.05. The van der Waals surface area contributed by atoms with Crippen LogP contribution >= 0.6 is 0 Å². The van der Waals surface area contributed by atoms with Crippen LogP contribution in [0, 0.1) is 17.0 Å². The van der Waals surface area contributed by atoms with Crippen molar-refractivity contribution in [1.82, 2.24) is 20.2 Å². The number of hydrazone groups is 1. The maximum Gasteiger partial charge on any atom is 0.291 e. The quantitative estimate of drug-likeness (QED) is 0.409. The standard InChI is InChI=1S/C18H16N6O3/c1-13-3-2-4-15(20-13)11-19-21-18(25)17-9-10-23(22-17)12-14-5-7-16(8-6-14)24(26)27/h2-11H,12H2,1H3,(H,21,25)/b19-11+. The Bertz CT molecular complexity index is 994. The van der Waals surface area contributed by atoms with Crippen LogP contribution in [0.15, 0.2) is 59.8 Å². The highest BCUT2D eigenvalue weighted by Gasteiger charge is 2.09. The smallest absolute Gasteiger partial charge is 0.268 e. The van der Waals surface area contributed by atoms with Crippen LogP contribution in [0.1, 0.15) is 27.4 Å². The molecule has 0 radical (unpaired) electrons. The summed E-state index contributed by atoms with van der Waals surface area (Å²) in [7, 11) is 0. The lowest BCUT2D eigenvalue weighted by Crippen LogP contribution is -2.18. The van der Waals surface area contributed by atoms with Crippen molar-refractivity contribution >= 4 is 17.8 Å². The Labute approximate surface area is 154 Å². The lowest BCUT2D eigenvalue weighted by molar-refractivity contribution is -0.384. The predicted molar refractivity (Wildman–Crippen MR) is 98.5 cm³/mol. The first-order chi connectivity index (χ1) is 13.0. The Morgan fingerprint density at radius 2 is 2.04 bits per heavy atom. The van der Waals surface area contributed by atoms with Crippen LogP contribution in [0.4, 0.5) is 5.69 Å². The Morgan fingerprint density at radius 3 is 2.74 bits per heavy atom. The van der Waals surface area contributed by atoms with Gasteiger partial charge in [0.15, 0.2) is 5.69 Å². The number of carbonyl (C=O) groups excluding carboxylic acids is 1. The molecule has 0 saturated carbocycles. The molecule has 2 heterocycles. The van der Waals surface area contributed by atoms with Crippen LogP contribution in [0.2, 0.25) is 0 Å². The van der Waals surface area contributed by atoms with Crippen molar-refractivity contribution < 1.29 is 9.72 Å². The number of nitrogens with one attached hydrogen (secondary N) is 1. The fraction of sp³-hybridized carbons (Fsp3) is 0.111. The molecule has 0 aliphatic heterocycles. The van der Waals surface area contributed by atoms with Gasteiger partial charge in [0.25, 0.3) is 11.6 Å². The van der Waals surface area contributed by atoms with Crippen LogP contribution in [0.5, 0.6) is 0 Å². The summed E-state index contributed by atoms with van der Waals surface area (Å²) < 4.78 is 1.57. The predicted octanol–water partition coefficient (Wildman–Crippen LogP) is 2.31. The highest BCUT2D eigenvalue weighted by molar-refractivity contribution is 5.92. The third kappa shape index (κ3) is 4.82. The van der Waals surface area contributed by atoms with E-state index < -0.39 is 10.8 Å².